The summed E-state index contributed by atoms with van der Waals surface area (Å²) in [5, 5.41) is 16.3. The Kier molecular flexibility index (Phi) is 8.34. The van der Waals surface area contributed by atoms with Gasteiger partial charge in [0.05, 0.1) is 28.8 Å². The van der Waals surface area contributed by atoms with Gasteiger partial charge in [0, 0.05) is 24.1 Å². The van der Waals surface area contributed by atoms with Gasteiger partial charge in [0.1, 0.15) is 11.5 Å². The maximum atomic E-state index is 12.6. The third-order valence-corrected chi connectivity index (χ3v) is 5.38. The number of ether oxygens (including phenoxy) is 2. The van der Waals surface area contributed by atoms with E-state index in [9.17, 15) is 14.9 Å². The highest BCUT2D eigenvalue weighted by Crippen LogP contribution is 2.29. The van der Waals surface area contributed by atoms with Crippen LogP contribution in [0.15, 0.2) is 71.2 Å². The molecule has 2 N–H and O–H groups in total. The summed E-state index contributed by atoms with van der Waals surface area (Å²) in [5.74, 6) is 0.509. The van der Waals surface area contributed by atoms with E-state index < -0.39 is 10.8 Å². The van der Waals surface area contributed by atoms with Gasteiger partial charge in [-0.05, 0) is 58.0 Å². The molecular weight excluding hydrogens is 510 g/mol. The number of nitrogens with one attached hydrogen (secondary N) is 2. The Morgan fingerprint density at radius 2 is 1.82 bits per heavy atom. The number of rotatable bonds is 8. The zero-order valence-electron chi connectivity index (χ0n) is 17.5. The molecule has 0 atom stereocenters. The van der Waals surface area contributed by atoms with Crippen LogP contribution in [-0.4, -0.2) is 29.7 Å². The van der Waals surface area contributed by atoms with Gasteiger partial charge < -0.3 is 14.8 Å². The smallest absolute Gasteiger partial charge is 0.271 e. The molecule has 1 amide bonds. The number of methoxy groups -OCH3 is 1. The van der Waals surface area contributed by atoms with Crippen molar-refractivity contribution in [3.05, 3.63) is 92.4 Å². The molecule has 0 fully saturated rings. The highest BCUT2D eigenvalue weighted by molar-refractivity contribution is 9.10. The number of hydrogen-bond donors (Lipinski definition) is 2. The van der Waals surface area contributed by atoms with Crippen LogP contribution in [0, 0.1) is 10.1 Å². The molecule has 170 valence electrons. The summed E-state index contributed by atoms with van der Waals surface area (Å²) >= 11 is 8.61. The van der Waals surface area contributed by atoms with Crippen molar-refractivity contribution in [3.63, 3.8) is 0 Å². The van der Waals surface area contributed by atoms with Gasteiger partial charge in [-0.1, -0.05) is 30.3 Å². The number of carbonyl (C=O) groups is 1. The number of non-ortho nitro benzene ring substituents is 1. The van der Waals surface area contributed by atoms with Gasteiger partial charge >= 0.3 is 0 Å². The van der Waals surface area contributed by atoms with Crippen molar-refractivity contribution in [1.82, 2.24) is 5.32 Å². The van der Waals surface area contributed by atoms with Crippen LogP contribution in [0.3, 0.4) is 0 Å². The predicted molar refractivity (Wildman–Crippen MR) is 133 cm³/mol. The third kappa shape index (κ3) is 6.74. The van der Waals surface area contributed by atoms with Crippen LogP contribution in [0.2, 0.25) is 0 Å². The van der Waals surface area contributed by atoms with Crippen LogP contribution >= 0.6 is 28.1 Å². The van der Waals surface area contributed by atoms with E-state index in [1.54, 1.807) is 18.2 Å². The first-order chi connectivity index (χ1) is 15.9. The minimum absolute atomic E-state index is 0.0295. The lowest BCUT2D eigenvalue weighted by atomic mass is 10.2. The molecule has 3 aromatic rings. The van der Waals surface area contributed by atoms with Crippen molar-refractivity contribution in [3.8, 4) is 11.5 Å². The molecule has 3 aromatic carbocycles. The van der Waals surface area contributed by atoms with Crippen LogP contribution in [0.5, 0.6) is 11.5 Å². The summed E-state index contributed by atoms with van der Waals surface area (Å²) in [4.78, 5) is 23.1. The van der Waals surface area contributed by atoms with E-state index in [0.29, 0.717) is 28.1 Å². The highest BCUT2D eigenvalue weighted by atomic mass is 79.9. The Morgan fingerprint density at radius 1 is 1.09 bits per heavy atom. The Bertz CT molecular complexity index is 1170. The molecule has 3 rings (SSSR count). The molecule has 0 aromatic heterocycles. The lowest BCUT2D eigenvalue weighted by Crippen LogP contribution is -2.34. The van der Waals surface area contributed by atoms with Crippen molar-refractivity contribution in [2.24, 2.45) is 0 Å². The average molecular weight is 530 g/mol. The number of nitro groups is 1. The van der Waals surface area contributed by atoms with Crippen molar-refractivity contribution in [2.75, 3.05) is 19.0 Å². The van der Waals surface area contributed by atoms with E-state index in [1.807, 2.05) is 30.3 Å². The first-order valence-corrected chi connectivity index (χ1v) is 11.0. The van der Waals surface area contributed by atoms with Crippen molar-refractivity contribution in [1.29, 1.82) is 0 Å². The van der Waals surface area contributed by atoms with Gasteiger partial charge in [-0.15, -0.1) is 0 Å². The van der Waals surface area contributed by atoms with E-state index in [-0.39, 0.29) is 16.5 Å². The van der Waals surface area contributed by atoms with Crippen LogP contribution in [0.1, 0.15) is 15.9 Å². The monoisotopic (exact) mass is 529 g/mol. The molecule has 0 aliphatic heterocycles. The molecule has 0 aliphatic carbocycles. The second-order valence-electron chi connectivity index (χ2n) is 6.78. The average Bonchev–Trinajstić information content (AvgIpc) is 2.80. The predicted octanol–water partition coefficient (Wildman–Crippen LogP) is 5.11. The second kappa shape index (κ2) is 11.4. The standard InChI is InChI=1S/C23H20BrN3O5S/c1-31-21-10-8-17(27(29)30)14-19(21)25-23(33)26-22(28)16-7-9-20(18(24)13-16)32-12-11-15-5-3-2-4-6-15/h2-10,13-14H,11-12H2,1H3,(H2,25,26,28,33). The lowest BCUT2D eigenvalue weighted by molar-refractivity contribution is -0.384. The Balaban J connectivity index is 1.60. The molecule has 33 heavy (non-hydrogen) atoms. The minimum Gasteiger partial charge on any atom is -0.495 e. The Morgan fingerprint density at radius 3 is 2.48 bits per heavy atom. The van der Waals surface area contributed by atoms with Gasteiger partial charge in [-0.25, -0.2) is 0 Å². The van der Waals surface area contributed by atoms with Crippen LogP contribution in [0.25, 0.3) is 0 Å². The number of benzene rings is 3. The number of amides is 1. The van der Waals surface area contributed by atoms with Crippen molar-refractivity contribution >= 4 is 50.5 Å². The molecule has 0 radical (unpaired) electrons. The summed E-state index contributed by atoms with van der Waals surface area (Å²) in [7, 11) is 1.43. The fourth-order valence-corrected chi connectivity index (χ4v) is 3.61. The van der Waals surface area contributed by atoms with Crippen molar-refractivity contribution < 1.29 is 19.2 Å². The molecule has 0 saturated heterocycles. The van der Waals surface area contributed by atoms with Crippen LogP contribution < -0.4 is 20.1 Å². The van der Waals surface area contributed by atoms with E-state index >= 15 is 0 Å². The molecule has 0 unspecified atom stereocenters. The second-order valence-corrected chi connectivity index (χ2v) is 8.04. The molecule has 0 aliphatic rings. The maximum absolute atomic E-state index is 12.6. The quantitative estimate of drug-likeness (QED) is 0.237. The van der Waals surface area contributed by atoms with E-state index in [1.165, 1.54) is 30.9 Å². The van der Waals surface area contributed by atoms with Gasteiger partial charge in [-0.2, -0.15) is 0 Å². The van der Waals surface area contributed by atoms with Crippen molar-refractivity contribution in [2.45, 2.75) is 6.42 Å². The first kappa shape index (κ1) is 24.1. The molecule has 0 heterocycles. The summed E-state index contributed by atoms with van der Waals surface area (Å²) in [5.41, 5.74) is 1.65. The van der Waals surface area contributed by atoms with E-state index in [4.69, 9.17) is 21.7 Å². The fourth-order valence-electron chi connectivity index (χ4n) is 2.92. The molecular formula is C23H20BrN3O5S. The number of nitrogens with zero attached hydrogens (tertiary/aromatic N) is 1. The maximum Gasteiger partial charge on any atom is 0.271 e. The molecule has 10 heteroatoms. The number of anilines is 1. The summed E-state index contributed by atoms with van der Waals surface area (Å²) in [6.07, 6.45) is 0.760. The molecule has 0 spiro atoms. The normalized spacial score (nSPS) is 10.2. The molecule has 8 nitrogen and oxygen atoms in total. The first-order valence-electron chi connectivity index (χ1n) is 9.78. The Hall–Kier alpha value is -3.50. The zero-order chi connectivity index (χ0) is 23.8. The largest absolute Gasteiger partial charge is 0.495 e. The van der Waals surface area contributed by atoms with Crippen LogP contribution in [0.4, 0.5) is 11.4 Å². The fraction of sp³-hybridized carbons (Fsp3) is 0.130. The number of carbonyl (C=O) groups excluding carboxylic acids is 1. The van der Waals surface area contributed by atoms with E-state index in [0.717, 1.165) is 6.42 Å². The molecule has 0 bridgehead atoms. The zero-order valence-corrected chi connectivity index (χ0v) is 19.9. The van der Waals surface area contributed by atoms with Crippen LogP contribution in [-0.2, 0) is 6.42 Å². The number of hydrogen-bond acceptors (Lipinski definition) is 6. The van der Waals surface area contributed by atoms with E-state index in [2.05, 4.69) is 26.6 Å². The lowest BCUT2D eigenvalue weighted by Gasteiger charge is -2.13. The summed E-state index contributed by atoms with van der Waals surface area (Å²) < 4.78 is 11.6. The van der Waals surface area contributed by atoms with Gasteiger partial charge in [0.25, 0.3) is 11.6 Å². The number of halogens is 1. The molecule has 0 saturated carbocycles. The Labute approximate surface area is 204 Å². The number of thiocarbonyl (C=S) groups is 1. The minimum atomic E-state index is -0.534. The summed E-state index contributed by atoms with van der Waals surface area (Å²) in [6, 6.07) is 19.0. The van der Waals surface area contributed by atoms with Gasteiger partial charge in [0.2, 0.25) is 0 Å². The number of nitro benzene ring substituents is 1. The van der Waals surface area contributed by atoms with Gasteiger partial charge in [-0.3, -0.25) is 20.2 Å². The summed E-state index contributed by atoms with van der Waals surface area (Å²) in [6.45, 7) is 0.493. The third-order valence-electron chi connectivity index (χ3n) is 4.55. The highest BCUT2D eigenvalue weighted by Gasteiger charge is 2.15. The topological polar surface area (TPSA) is 103 Å². The SMILES string of the molecule is COc1ccc([N+](=O)[O-])cc1NC(=S)NC(=O)c1ccc(OCCc2ccccc2)c(Br)c1. The van der Waals surface area contributed by atoms with Gasteiger partial charge in [0.15, 0.2) is 5.11 Å².